The fourth-order valence-electron chi connectivity index (χ4n) is 2.22. The SMILES string of the molecule is CN1CN(C)C2=NC(c3ccccc3)N=C2C1=O. The minimum absolute atomic E-state index is 0.0507. The molecule has 2 heterocycles. The first-order valence-corrected chi connectivity index (χ1v) is 5.84. The summed E-state index contributed by atoms with van der Waals surface area (Å²) in [5, 5.41) is 0. The monoisotopic (exact) mass is 242 g/mol. The number of carbonyl (C=O) groups excluding carboxylic acids is 1. The molecular formula is C13H14N4O. The number of rotatable bonds is 1. The molecule has 5 nitrogen and oxygen atoms in total. The fraction of sp³-hybridized carbons (Fsp3) is 0.308. The van der Waals surface area contributed by atoms with Gasteiger partial charge in [-0.05, 0) is 5.56 Å². The second-order valence-corrected chi connectivity index (χ2v) is 4.56. The molecule has 0 N–H and O–H groups in total. The Kier molecular flexibility index (Phi) is 2.40. The lowest BCUT2D eigenvalue weighted by Gasteiger charge is -2.31. The van der Waals surface area contributed by atoms with E-state index in [1.807, 2.05) is 42.3 Å². The van der Waals surface area contributed by atoms with Gasteiger partial charge in [0.15, 0.2) is 17.7 Å². The Balaban J connectivity index is 2.00. The Labute approximate surface area is 105 Å². The molecule has 0 radical (unpaired) electrons. The van der Waals surface area contributed by atoms with E-state index in [9.17, 15) is 4.79 Å². The highest BCUT2D eigenvalue weighted by Crippen LogP contribution is 2.26. The molecule has 1 amide bonds. The molecule has 2 aliphatic rings. The normalized spacial score (nSPS) is 22.8. The molecule has 1 saturated heterocycles. The second kappa shape index (κ2) is 3.94. The van der Waals surface area contributed by atoms with E-state index >= 15 is 0 Å². The van der Waals surface area contributed by atoms with E-state index in [1.165, 1.54) is 0 Å². The van der Waals surface area contributed by atoms with Crippen LogP contribution >= 0.6 is 0 Å². The van der Waals surface area contributed by atoms with E-state index in [-0.39, 0.29) is 12.1 Å². The second-order valence-electron chi connectivity index (χ2n) is 4.56. The van der Waals surface area contributed by atoms with Crippen molar-refractivity contribution in [1.29, 1.82) is 0 Å². The summed E-state index contributed by atoms with van der Waals surface area (Å²) in [5.41, 5.74) is 1.48. The maximum Gasteiger partial charge on any atom is 0.277 e. The van der Waals surface area contributed by atoms with Crippen molar-refractivity contribution in [3.63, 3.8) is 0 Å². The Bertz CT molecular complexity index is 549. The van der Waals surface area contributed by atoms with E-state index in [1.54, 1.807) is 11.9 Å². The molecule has 0 saturated carbocycles. The summed E-state index contributed by atoms with van der Waals surface area (Å²) in [4.78, 5) is 24.6. The quantitative estimate of drug-likeness (QED) is 0.734. The molecule has 1 atom stereocenters. The third kappa shape index (κ3) is 1.59. The van der Waals surface area contributed by atoms with Crippen molar-refractivity contribution in [3.05, 3.63) is 35.9 Å². The lowest BCUT2D eigenvalue weighted by molar-refractivity contribution is -0.124. The van der Waals surface area contributed by atoms with Crippen LogP contribution in [0, 0.1) is 0 Å². The van der Waals surface area contributed by atoms with Gasteiger partial charge < -0.3 is 9.80 Å². The van der Waals surface area contributed by atoms with Gasteiger partial charge in [-0.25, -0.2) is 9.98 Å². The van der Waals surface area contributed by atoms with E-state index in [2.05, 4.69) is 9.98 Å². The molecule has 3 rings (SSSR count). The lowest BCUT2D eigenvalue weighted by atomic mass is 10.2. The number of hydrogen-bond acceptors (Lipinski definition) is 4. The smallest absolute Gasteiger partial charge is 0.277 e. The Hall–Kier alpha value is -2.17. The zero-order valence-electron chi connectivity index (χ0n) is 10.4. The van der Waals surface area contributed by atoms with Gasteiger partial charge in [-0.15, -0.1) is 0 Å². The van der Waals surface area contributed by atoms with Gasteiger partial charge in [0.1, 0.15) is 0 Å². The third-order valence-electron chi connectivity index (χ3n) is 3.14. The standard InChI is InChI=1S/C13H14N4O/c1-16-8-17(2)13(18)10-12(16)15-11(14-10)9-6-4-3-5-7-9/h3-7,11H,8H2,1-2H3. The van der Waals surface area contributed by atoms with Crippen LogP contribution < -0.4 is 0 Å². The molecular weight excluding hydrogens is 228 g/mol. The minimum atomic E-state index is -0.283. The summed E-state index contributed by atoms with van der Waals surface area (Å²) in [6.45, 7) is 0.554. The summed E-state index contributed by atoms with van der Waals surface area (Å²) in [7, 11) is 3.69. The van der Waals surface area contributed by atoms with Gasteiger partial charge in [-0.3, -0.25) is 4.79 Å². The van der Waals surface area contributed by atoms with Crippen LogP contribution in [0.3, 0.4) is 0 Å². The highest BCUT2D eigenvalue weighted by molar-refractivity contribution is 6.67. The molecule has 1 aromatic rings. The first-order chi connectivity index (χ1) is 8.66. The van der Waals surface area contributed by atoms with Crippen LogP contribution in [0.4, 0.5) is 0 Å². The van der Waals surface area contributed by atoms with Crippen molar-refractivity contribution in [2.24, 2.45) is 9.98 Å². The van der Waals surface area contributed by atoms with E-state index in [0.717, 1.165) is 5.56 Å². The molecule has 2 aliphatic heterocycles. The number of aliphatic imine (C=N–C) groups is 2. The number of nitrogens with zero attached hydrogens (tertiary/aromatic N) is 4. The third-order valence-corrected chi connectivity index (χ3v) is 3.14. The van der Waals surface area contributed by atoms with Gasteiger partial charge in [0, 0.05) is 14.1 Å². The highest BCUT2D eigenvalue weighted by Gasteiger charge is 2.36. The average Bonchev–Trinajstić information content (AvgIpc) is 2.83. The number of amidine groups is 1. The molecule has 1 unspecified atom stereocenters. The van der Waals surface area contributed by atoms with Crippen LogP contribution in [0.25, 0.3) is 0 Å². The molecule has 5 heteroatoms. The summed E-state index contributed by atoms with van der Waals surface area (Å²) in [5.74, 6) is 0.650. The van der Waals surface area contributed by atoms with Crippen molar-refractivity contribution < 1.29 is 4.79 Å². The molecule has 92 valence electrons. The van der Waals surface area contributed by atoms with Gasteiger partial charge in [0.05, 0.1) is 6.67 Å². The number of hydrogen-bond donors (Lipinski definition) is 0. The number of fused-ring (bicyclic) bond motifs is 1. The van der Waals surface area contributed by atoms with Gasteiger partial charge in [-0.1, -0.05) is 30.3 Å². The van der Waals surface area contributed by atoms with Gasteiger partial charge >= 0.3 is 0 Å². The van der Waals surface area contributed by atoms with E-state index in [4.69, 9.17) is 0 Å². The molecule has 18 heavy (non-hydrogen) atoms. The maximum absolute atomic E-state index is 12.0. The zero-order chi connectivity index (χ0) is 12.7. The first kappa shape index (κ1) is 11.0. The molecule has 0 aromatic heterocycles. The van der Waals surface area contributed by atoms with Crippen LogP contribution in [0.5, 0.6) is 0 Å². The predicted molar refractivity (Wildman–Crippen MR) is 69.5 cm³/mol. The topological polar surface area (TPSA) is 48.3 Å². The Morgan fingerprint density at radius 1 is 1.11 bits per heavy atom. The Morgan fingerprint density at radius 3 is 2.56 bits per heavy atom. The summed E-state index contributed by atoms with van der Waals surface area (Å²) >= 11 is 0. The zero-order valence-corrected chi connectivity index (χ0v) is 10.4. The number of carbonyl (C=O) groups is 1. The van der Waals surface area contributed by atoms with E-state index < -0.39 is 0 Å². The van der Waals surface area contributed by atoms with Crippen molar-refractivity contribution in [1.82, 2.24) is 9.80 Å². The number of amides is 1. The molecule has 0 bridgehead atoms. The van der Waals surface area contributed by atoms with Crippen LogP contribution in [0.2, 0.25) is 0 Å². The van der Waals surface area contributed by atoms with Crippen LogP contribution in [-0.2, 0) is 4.79 Å². The van der Waals surface area contributed by atoms with Gasteiger partial charge in [0.2, 0.25) is 0 Å². The summed E-state index contributed by atoms with van der Waals surface area (Å²) in [6.07, 6.45) is -0.283. The predicted octanol–water partition coefficient (Wildman–Crippen LogP) is 0.900. The van der Waals surface area contributed by atoms with Crippen molar-refractivity contribution in [2.75, 3.05) is 20.8 Å². The van der Waals surface area contributed by atoms with Crippen LogP contribution in [0.15, 0.2) is 40.3 Å². The molecule has 1 aromatic carbocycles. The lowest BCUT2D eigenvalue weighted by Crippen LogP contribution is -2.53. The highest BCUT2D eigenvalue weighted by atomic mass is 16.2. The van der Waals surface area contributed by atoms with E-state index in [0.29, 0.717) is 18.2 Å². The molecule has 0 spiro atoms. The number of benzene rings is 1. The van der Waals surface area contributed by atoms with Crippen molar-refractivity contribution in [2.45, 2.75) is 6.17 Å². The minimum Gasteiger partial charge on any atom is -0.340 e. The Morgan fingerprint density at radius 2 is 1.83 bits per heavy atom. The molecule has 1 fully saturated rings. The largest absolute Gasteiger partial charge is 0.340 e. The average molecular weight is 242 g/mol. The first-order valence-electron chi connectivity index (χ1n) is 5.84. The van der Waals surface area contributed by atoms with Crippen LogP contribution in [0.1, 0.15) is 11.7 Å². The summed E-state index contributed by atoms with van der Waals surface area (Å²) in [6, 6.07) is 9.82. The maximum atomic E-state index is 12.0. The molecule has 0 aliphatic carbocycles. The van der Waals surface area contributed by atoms with Crippen molar-refractivity contribution >= 4 is 17.5 Å². The van der Waals surface area contributed by atoms with Crippen LogP contribution in [-0.4, -0.2) is 48.0 Å². The fourth-order valence-corrected chi connectivity index (χ4v) is 2.22. The van der Waals surface area contributed by atoms with Gasteiger partial charge in [-0.2, -0.15) is 0 Å². The summed E-state index contributed by atoms with van der Waals surface area (Å²) < 4.78 is 0. The van der Waals surface area contributed by atoms with Gasteiger partial charge in [0.25, 0.3) is 5.91 Å². The van der Waals surface area contributed by atoms with Crippen molar-refractivity contribution in [3.8, 4) is 0 Å².